The van der Waals surface area contributed by atoms with Gasteiger partial charge < -0.3 is 29.4 Å². The molecule has 2 aliphatic heterocycles. The number of nitro benzene ring substituents is 1. The van der Waals surface area contributed by atoms with Crippen molar-refractivity contribution < 1.29 is 32.3 Å². The predicted octanol–water partition coefficient (Wildman–Crippen LogP) is 7.19. The lowest BCUT2D eigenvalue weighted by Crippen LogP contribution is -2.47. The van der Waals surface area contributed by atoms with E-state index < -0.39 is 31.4 Å². The molecule has 3 aromatic heterocycles. The van der Waals surface area contributed by atoms with E-state index in [0.717, 1.165) is 49.0 Å². The van der Waals surface area contributed by atoms with E-state index in [-0.39, 0.29) is 35.5 Å². The number of aromatic amines is 1. The molecule has 2 saturated heterocycles. The second-order valence-corrected chi connectivity index (χ2v) is 18.5. The van der Waals surface area contributed by atoms with Crippen LogP contribution in [-0.2, 0) is 19.5 Å². The number of hydrogen-bond acceptors (Lipinski definition) is 13. The third-order valence-electron chi connectivity index (χ3n) is 12.4. The van der Waals surface area contributed by atoms with E-state index in [1.54, 1.807) is 18.3 Å². The zero-order valence-corrected chi connectivity index (χ0v) is 35.6. The Labute approximate surface area is 363 Å². The number of H-pyrrole nitrogens is 1. The van der Waals surface area contributed by atoms with Gasteiger partial charge in [-0.05, 0) is 97.2 Å². The fraction of sp³-hybridized carbons (Fsp3) is 0.386. The second kappa shape index (κ2) is 17.6. The largest absolute Gasteiger partial charge is 0.436 e. The minimum Gasteiger partial charge on any atom is -0.436 e. The summed E-state index contributed by atoms with van der Waals surface area (Å²) >= 11 is 6.27. The highest BCUT2D eigenvalue weighted by molar-refractivity contribution is 7.90. The molecule has 0 bridgehead atoms. The molecule has 1 saturated carbocycles. The summed E-state index contributed by atoms with van der Waals surface area (Å²) in [6, 6.07) is 18.3. The van der Waals surface area contributed by atoms with Crippen LogP contribution in [-0.4, -0.2) is 104 Å². The molecule has 5 heterocycles. The van der Waals surface area contributed by atoms with E-state index in [2.05, 4.69) is 41.9 Å². The predicted molar refractivity (Wildman–Crippen MR) is 234 cm³/mol. The molecule has 1 spiro atoms. The topological polar surface area (TPSA) is 194 Å². The van der Waals surface area contributed by atoms with Crippen molar-refractivity contribution in [2.24, 2.45) is 5.41 Å². The van der Waals surface area contributed by atoms with E-state index in [1.807, 2.05) is 18.2 Å². The first-order valence-electron chi connectivity index (χ1n) is 20.9. The van der Waals surface area contributed by atoms with Gasteiger partial charge in [-0.3, -0.25) is 19.8 Å². The third-order valence-corrected chi connectivity index (χ3v) is 14.0. The SMILES string of the molecule is O=C(NS(=O)(=O)c1ccc(NC[C@H]2COCCO2)c([N+](=O)[O-])c1)c1ccc(N2CCN(CC3=C(c4ccc(Cl)cc4)CC4(CCC4)CC3)CC2)nc1Oc1cnc2[nH]ccc2c1. The van der Waals surface area contributed by atoms with Crippen molar-refractivity contribution in [3.8, 4) is 11.6 Å². The highest BCUT2D eigenvalue weighted by Gasteiger charge is 2.41. The Hall–Kier alpha value is -5.59. The molecule has 2 aromatic carbocycles. The molecular weight excluding hydrogens is 836 g/mol. The molecule has 9 rings (SSSR count). The molecule has 0 unspecified atom stereocenters. The van der Waals surface area contributed by atoms with E-state index in [4.69, 9.17) is 30.8 Å². The molecular formula is C44H47ClN8O8S. The molecule has 2 aliphatic carbocycles. The Kier molecular flexibility index (Phi) is 11.9. The first kappa shape index (κ1) is 41.7. The number of hydrogen-bond donors (Lipinski definition) is 3. The molecule has 62 heavy (non-hydrogen) atoms. The average Bonchev–Trinajstić information content (AvgIpc) is 3.74. The van der Waals surface area contributed by atoms with E-state index in [1.165, 1.54) is 66.8 Å². The number of piperazine rings is 1. The number of rotatable bonds is 13. The van der Waals surface area contributed by atoms with Crippen molar-refractivity contribution in [3.63, 3.8) is 0 Å². The summed E-state index contributed by atoms with van der Waals surface area (Å²) in [5.41, 5.74) is 4.74. The van der Waals surface area contributed by atoms with E-state index in [9.17, 15) is 23.3 Å². The van der Waals surface area contributed by atoms with E-state index in [0.29, 0.717) is 49.8 Å². The van der Waals surface area contributed by atoms with Gasteiger partial charge in [-0.2, -0.15) is 4.98 Å². The maximum absolute atomic E-state index is 13.9. The summed E-state index contributed by atoms with van der Waals surface area (Å²) in [6.07, 6.45) is 10.2. The van der Waals surface area contributed by atoms with Crippen LogP contribution in [0, 0.1) is 15.5 Å². The van der Waals surface area contributed by atoms with Crippen molar-refractivity contribution >= 4 is 61.3 Å². The highest BCUT2D eigenvalue weighted by Crippen LogP contribution is 2.55. The summed E-state index contributed by atoms with van der Waals surface area (Å²) in [6.45, 7) is 5.20. The minimum absolute atomic E-state index is 0.0920. The lowest BCUT2D eigenvalue weighted by atomic mass is 9.59. The number of allylic oxidation sites excluding steroid dienone is 1. The van der Waals surface area contributed by atoms with Gasteiger partial charge in [-0.1, -0.05) is 35.7 Å². The zero-order chi connectivity index (χ0) is 42.8. The van der Waals surface area contributed by atoms with Crippen LogP contribution in [0.25, 0.3) is 16.6 Å². The van der Waals surface area contributed by atoms with Crippen LogP contribution in [0.2, 0.25) is 5.02 Å². The molecule has 4 aliphatic rings. The van der Waals surface area contributed by atoms with Crippen LogP contribution < -0.4 is 19.7 Å². The molecule has 1 atom stereocenters. The number of ether oxygens (including phenoxy) is 3. The Morgan fingerprint density at radius 2 is 1.85 bits per heavy atom. The molecule has 3 N–H and O–H groups in total. The number of nitrogens with zero attached hydrogens (tertiary/aromatic N) is 5. The van der Waals surface area contributed by atoms with Crippen molar-refractivity contribution in [2.75, 3.05) is 69.3 Å². The number of carbonyl (C=O) groups is 1. The van der Waals surface area contributed by atoms with Gasteiger partial charge in [0.1, 0.15) is 28.5 Å². The Morgan fingerprint density at radius 1 is 1.03 bits per heavy atom. The number of carbonyl (C=O) groups excluding carboxylic acids is 1. The first-order chi connectivity index (χ1) is 30.0. The highest BCUT2D eigenvalue weighted by atomic mass is 35.5. The number of amides is 1. The molecule has 324 valence electrons. The molecule has 5 aromatic rings. The Bertz CT molecular complexity index is 2620. The van der Waals surface area contributed by atoms with Crippen molar-refractivity contribution in [3.05, 3.63) is 111 Å². The minimum atomic E-state index is -4.61. The first-order valence-corrected chi connectivity index (χ1v) is 22.7. The number of pyridine rings is 2. The van der Waals surface area contributed by atoms with E-state index >= 15 is 0 Å². The number of nitro groups is 1. The van der Waals surface area contributed by atoms with Gasteiger partial charge in [0, 0.05) is 61.9 Å². The molecule has 1 amide bonds. The Morgan fingerprint density at radius 3 is 2.60 bits per heavy atom. The number of fused-ring (bicyclic) bond motifs is 1. The monoisotopic (exact) mass is 882 g/mol. The molecule has 18 heteroatoms. The Balaban J connectivity index is 0.926. The fourth-order valence-corrected chi connectivity index (χ4v) is 9.95. The van der Waals surface area contributed by atoms with Gasteiger partial charge in [0.15, 0.2) is 0 Å². The van der Waals surface area contributed by atoms with Gasteiger partial charge in [-0.15, -0.1) is 0 Å². The van der Waals surface area contributed by atoms with Gasteiger partial charge in [0.25, 0.3) is 21.6 Å². The van der Waals surface area contributed by atoms with Crippen LogP contribution in [0.15, 0.2) is 89.6 Å². The third kappa shape index (κ3) is 9.13. The fourth-order valence-electron chi connectivity index (χ4n) is 8.83. The van der Waals surface area contributed by atoms with Gasteiger partial charge in [0.05, 0.1) is 41.9 Å². The quantitative estimate of drug-likeness (QED) is 0.0796. The van der Waals surface area contributed by atoms with Crippen molar-refractivity contribution in [2.45, 2.75) is 49.5 Å². The number of anilines is 2. The smallest absolute Gasteiger partial charge is 0.293 e. The van der Waals surface area contributed by atoms with Crippen LogP contribution in [0.1, 0.15) is 54.4 Å². The van der Waals surface area contributed by atoms with Crippen molar-refractivity contribution in [1.82, 2.24) is 24.6 Å². The van der Waals surface area contributed by atoms with Crippen molar-refractivity contribution in [1.29, 1.82) is 0 Å². The molecule has 0 radical (unpaired) electrons. The second-order valence-electron chi connectivity index (χ2n) is 16.4. The van der Waals surface area contributed by atoms with Crippen LogP contribution in [0.5, 0.6) is 11.6 Å². The number of halogens is 1. The van der Waals surface area contributed by atoms with Crippen LogP contribution >= 0.6 is 11.6 Å². The normalized spacial score (nSPS) is 19.3. The van der Waals surface area contributed by atoms with Gasteiger partial charge in [-0.25, -0.2) is 18.1 Å². The van der Waals surface area contributed by atoms with Gasteiger partial charge in [0.2, 0.25) is 5.88 Å². The summed E-state index contributed by atoms with van der Waals surface area (Å²) in [7, 11) is -4.61. The maximum atomic E-state index is 13.9. The summed E-state index contributed by atoms with van der Waals surface area (Å²) in [5, 5.41) is 16.5. The van der Waals surface area contributed by atoms with Gasteiger partial charge >= 0.3 is 0 Å². The lowest BCUT2D eigenvalue weighted by Gasteiger charge is -2.47. The number of nitrogens with one attached hydrogen (secondary N) is 3. The van der Waals surface area contributed by atoms with Crippen LogP contribution in [0.3, 0.4) is 0 Å². The average molecular weight is 883 g/mol. The standard InChI is InChI=1S/C44H47ClN8O8S/c45-32-4-2-29(3-5-32)37-24-44(12-1-13-44)14-10-31(37)27-51-16-18-52(19-17-51)40-9-7-36(43(49-40)61-33-22-30-11-15-46-41(30)48-25-33)42(54)50-62(57,58)35-6-8-38(39(23-35)53(55)56)47-26-34-28-59-20-21-60-34/h2-9,11,15,22-23,25,34,47H,1,10,12-14,16-21,24,26-28H2,(H,46,48)(H,50,54)/t34-/m0/s1. The summed E-state index contributed by atoms with van der Waals surface area (Å²) in [5.74, 6) is -0.309. The number of benzene rings is 2. The molecule has 16 nitrogen and oxygen atoms in total. The number of aromatic nitrogens is 3. The zero-order valence-electron chi connectivity index (χ0n) is 34.0. The maximum Gasteiger partial charge on any atom is 0.293 e. The summed E-state index contributed by atoms with van der Waals surface area (Å²) in [4.78, 5) is 41.6. The molecule has 3 fully saturated rings. The van der Waals surface area contributed by atoms with Crippen LogP contribution in [0.4, 0.5) is 17.2 Å². The number of sulfonamides is 1. The summed E-state index contributed by atoms with van der Waals surface area (Å²) < 4.78 is 46.5. The lowest BCUT2D eigenvalue weighted by molar-refractivity contribution is -0.384.